The summed E-state index contributed by atoms with van der Waals surface area (Å²) in [5.74, 6) is 0.920. The van der Waals surface area contributed by atoms with Crippen molar-refractivity contribution in [1.82, 2.24) is 5.32 Å². The van der Waals surface area contributed by atoms with Gasteiger partial charge in [-0.2, -0.15) is 0 Å². The summed E-state index contributed by atoms with van der Waals surface area (Å²) in [5.41, 5.74) is 3.61. The van der Waals surface area contributed by atoms with E-state index in [-0.39, 0.29) is 12.4 Å². The third-order valence-corrected chi connectivity index (χ3v) is 4.85. The first kappa shape index (κ1) is 22.3. The molecule has 0 aromatic heterocycles. The maximum Gasteiger partial charge on any atom is 0.124 e. The molecule has 3 rings (SSSR count). The van der Waals surface area contributed by atoms with Gasteiger partial charge in [0.1, 0.15) is 12.4 Å². The third kappa shape index (κ3) is 6.56. The Morgan fingerprint density at radius 3 is 2.29 bits per heavy atom. The Bertz CT molecular complexity index is 822. The highest BCUT2D eigenvalue weighted by Crippen LogP contribution is 2.23. The maximum absolute atomic E-state index is 6.08. The average Bonchev–Trinajstić information content (AvgIpc) is 2.72. The smallest absolute Gasteiger partial charge is 0.124 e. The Labute approximate surface area is 179 Å². The van der Waals surface area contributed by atoms with Gasteiger partial charge in [0.2, 0.25) is 0 Å². The average molecular weight is 416 g/mol. The van der Waals surface area contributed by atoms with Gasteiger partial charge < -0.3 is 10.1 Å². The van der Waals surface area contributed by atoms with Gasteiger partial charge in [0.15, 0.2) is 0 Å². The Balaban J connectivity index is 0.00000280. The summed E-state index contributed by atoms with van der Waals surface area (Å²) in [7, 11) is 0. The van der Waals surface area contributed by atoms with Crippen LogP contribution in [0.1, 0.15) is 42.5 Å². The lowest BCUT2D eigenvalue weighted by Gasteiger charge is -2.20. The van der Waals surface area contributed by atoms with Crippen LogP contribution in [0.25, 0.3) is 0 Å². The number of rotatable bonds is 9. The number of ether oxygens (including phenoxy) is 1. The molecule has 0 aliphatic heterocycles. The van der Waals surface area contributed by atoms with Gasteiger partial charge in [-0.3, -0.25) is 0 Å². The summed E-state index contributed by atoms with van der Waals surface area (Å²) in [6.45, 7) is 3.53. The first-order chi connectivity index (χ1) is 13.3. The van der Waals surface area contributed by atoms with E-state index in [1.165, 1.54) is 11.1 Å². The van der Waals surface area contributed by atoms with Crippen molar-refractivity contribution in [2.45, 2.75) is 39.0 Å². The maximum atomic E-state index is 6.08. The number of halogens is 2. The monoisotopic (exact) mass is 415 g/mol. The van der Waals surface area contributed by atoms with E-state index in [4.69, 9.17) is 16.3 Å². The lowest BCUT2D eigenvalue weighted by Crippen LogP contribution is -2.21. The molecule has 0 amide bonds. The summed E-state index contributed by atoms with van der Waals surface area (Å²) in [6.07, 6.45) is 2.25. The van der Waals surface area contributed by atoms with Crippen LogP contribution in [-0.4, -0.2) is 0 Å². The molecule has 0 bridgehead atoms. The molecule has 0 aliphatic carbocycles. The highest BCUT2D eigenvalue weighted by molar-refractivity contribution is 6.30. The van der Waals surface area contributed by atoms with E-state index in [2.05, 4.69) is 54.7 Å². The van der Waals surface area contributed by atoms with E-state index in [1.54, 1.807) is 0 Å². The molecule has 0 heterocycles. The van der Waals surface area contributed by atoms with E-state index in [0.29, 0.717) is 12.6 Å². The van der Waals surface area contributed by atoms with Gasteiger partial charge in [-0.15, -0.1) is 12.4 Å². The fourth-order valence-electron chi connectivity index (χ4n) is 3.13. The first-order valence-electron chi connectivity index (χ1n) is 9.49. The molecular formula is C24H27Cl2NO. The molecule has 0 saturated heterocycles. The van der Waals surface area contributed by atoms with E-state index in [0.717, 1.165) is 35.7 Å². The minimum absolute atomic E-state index is 0. The van der Waals surface area contributed by atoms with Crippen LogP contribution in [0.3, 0.4) is 0 Å². The van der Waals surface area contributed by atoms with E-state index in [9.17, 15) is 0 Å². The lowest BCUT2D eigenvalue weighted by atomic mass is 10.0. The zero-order chi connectivity index (χ0) is 18.9. The lowest BCUT2D eigenvalue weighted by molar-refractivity contribution is 0.301. The number of hydrogen-bond acceptors (Lipinski definition) is 2. The van der Waals surface area contributed by atoms with Crippen LogP contribution in [0.4, 0.5) is 0 Å². The van der Waals surface area contributed by atoms with Crippen molar-refractivity contribution in [2.24, 2.45) is 0 Å². The van der Waals surface area contributed by atoms with Crippen LogP contribution >= 0.6 is 24.0 Å². The van der Waals surface area contributed by atoms with Crippen LogP contribution in [0.15, 0.2) is 78.9 Å². The normalized spacial score (nSPS) is 11.5. The summed E-state index contributed by atoms with van der Waals surface area (Å²) in [4.78, 5) is 0. The summed E-state index contributed by atoms with van der Waals surface area (Å²) >= 11 is 5.95. The molecule has 0 radical (unpaired) electrons. The van der Waals surface area contributed by atoms with Gasteiger partial charge in [-0.05, 0) is 35.7 Å². The van der Waals surface area contributed by atoms with Gasteiger partial charge in [-0.25, -0.2) is 0 Å². The number of para-hydroxylation sites is 1. The molecule has 0 aliphatic rings. The molecule has 1 N–H and O–H groups in total. The van der Waals surface area contributed by atoms with Crippen LogP contribution in [-0.2, 0) is 13.2 Å². The zero-order valence-corrected chi connectivity index (χ0v) is 17.7. The number of hydrogen-bond donors (Lipinski definition) is 1. The van der Waals surface area contributed by atoms with E-state index in [1.807, 2.05) is 36.4 Å². The highest BCUT2D eigenvalue weighted by Gasteiger charge is 2.11. The van der Waals surface area contributed by atoms with Crippen LogP contribution in [0, 0.1) is 0 Å². The Morgan fingerprint density at radius 2 is 1.57 bits per heavy atom. The first-order valence-corrected chi connectivity index (χ1v) is 9.87. The molecule has 3 aromatic carbocycles. The van der Waals surface area contributed by atoms with Crippen molar-refractivity contribution in [3.63, 3.8) is 0 Å². The molecule has 1 atom stereocenters. The molecule has 0 saturated carbocycles. The van der Waals surface area contributed by atoms with Crippen molar-refractivity contribution in [3.05, 3.63) is 101 Å². The van der Waals surface area contributed by atoms with Gasteiger partial charge in [0.05, 0.1) is 0 Å². The van der Waals surface area contributed by atoms with Crippen LogP contribution < -0.4 is 10.1 Å². The SMILES string of the molecule is CCCC(NCc1ccccc1OCc1ccc(Cl)cc1)c1ccccc1.Cl. The molecule has 4 heteroatoms. The molecule has 0 spiro atoms. The molecular weight excluding hydrogens is 389 g/mol. The minimum Gasteiger partial charge on any atom is -0.489 e. The molecule has 1 unspecified atom stereocenters. The zero-order valence-electron chi connectivity index (χ0n) is 16.1. The highest BCUT2D eigenvalue weighted by atomic mass is 35.5. The van der Waals surface area contributed by atoms with Crippen LogP contribution in [0.2, 0.25) is 5.02 Å². The number of benzene rings is 3. The van der Waals surface area contributed by atoms with Crippen molar-refractivity contribution >= 4 is 24.0 Å². The van der Waals surface area contributed by atoms with E-state index < -0.39 is 0 Å². The van der Waals surface area contributed by atoms with Gasteiger partial charge in [0, 0.05) is 23.2 Å². The Kier molecular flexibility index (Phi) is 9.36. The van der Waals surface area contributed by atoms with Gasteiger partial charge in [-0.1, -0.05) is 85.6 Å². The molecule has 3 aromatic rings. The Hall–Kier alpha value is -2.00. The van der Waals surface area contributed by atoms with Crippen molar-refractivity contribution in [2.75, 3.05) is 0 Å². The fraction of sp³-hybridized carbons (Fsp3) is 0.250. The predicted octanol–water partition coefficient (Wildman–Crippen LogP) is 6.97. The Morgan fingerprint density at radius 1 is 0.893 bits per heavy atom. The molecule has 0 fully saturated rings. The summed E-state index contributed by atoms with van der Waals surface area (Å²) in [6, 6.07) is 27.0. The molecule has 148 valence electrons. The standard InChI is InChI=1S/C24H26ClNO.ClH/c1-2-8-23(20-9-4-3-5-10-20)26-17-21-11-6-7-12-24(21)27-18-19-13-15-22(25)16-14-19;/h3-7,9-16,23,26H,2,8,17-18H2,1H3;1H. The van der Waals surface area contributed by atoms with Crippen LogP contribution in [0.5, 0.6) is 5.75 Å². The van der Waals surface area contributed by atoms with Crippen molar-refractivity contribution in [3.8, 4) is 5.75 Å². The van der Waals surface area contributed by atoms with Gasteiger partial charge in [0.25, 0.3) is 0 Å². The quantitative estimate of drug-likeness (QED) is 0.407. The second kappa shape index (κ2) is 11.8. The second-order valence-corrected chi connectivity index (χ2v) is 7.09. The largest absolute Gasteiger partial charge is 0.489 e. The minimum atomic E-state index is 0. The van der Waals surface area contributed by atoms with Crippen molar-refractivity contribution in [1.29, 1.82) is 0 Å². The van der Waals surface area contributed by atoms with Crippen molar-refractivity contribution < 1.29 is 4.74 Å². The van der Waals surface area contributed by atoms with E-state index >= 15 is 0 Å². The topological polar surface area (TPSA) is 21.3 Å². The summed E-state index contributed by atoms with van der Waals surface area (Å²) in [5, 5.41) is 4.44. The van der Waals surface area contributed by atoms with Gasteiger partial charge >= 0.3 is 0 Å². The molecule has 2 nitrogen and oxygen atoms in total. The second-order valence-electron chi connectivity index (χ2n) is 6.66. The fourth-order valence-corrected chi connectivity index (χ4v) is 3.25. The molecule has 28 heavy (non-hydrogen) atoms. The third-order valence-electron chi connectivity index (χ3n) is 4.60. The number of nitrogens with one attached hydrogen (secondary N) is 1. The summed E-state index contributed by atoms with van der Waals surface area (Å²) < 4.78 is 6.08. The predicted molar refractivity (Wildman–Crippen MR) is 120 cm³/mol.